The quantitative estimate of drug-likeness (QED) is 0.750. The molecular formula is C16H18F3N3S. The molecule has 124 valence electrons. The fourth-order valence-electron chi connectivity index (χ4n) is 2.98. The Balaban J connectivity index is 1.69. The Morgan fingerprint density at radius 1 is 1.22 bits per heavy atom. The molecule has 1 aromatic carbocycles. The molecule has 1 saturated carbocycles. The van der Waals surface area contributed by atoms with E-state index in [2.05, 4.69) is 10.2 Å². The second-order valence-electron chi connectivity index (χ2n) is 5.87. The monoisotopic (exact) mass is 341 g/mol. The lowest BCUT2D eigenvalue weighted by molar-refractivity contribution is -0.137. The highest BCUT2D eigenvalue weighted by Gasteiger charge is 2.30. The van der Waals surface area contributed by atoms with Crippen LogP contribution in [0.5, 0.6) is 0 Å². The number of halogens is 3. The van der Waals surface area contributed by atoms with Gasteiger partial charge in [-0.15, -0.1) is 10.2 Å². The smallest absolute Gasteiger partial charge is 0.309 e. The lowest BCUT2D eigenvalue weighted by Gasteiger charge is -2.10. The van der Waals surface area contributed by atoms with Crippen LogP contribution in [0, 0.1) is 0 Å². The molecule has 0 amide bonds. The third-order valence-corrected chi connectivity index (χ3v) is 5.30. The Hall–Kier alpha value is -1.50. The van der Waals surface area contributed by atoms with Crippen LogP contribution in [-0.4, -0.2) is 14.8 Å². The molecule has 0 atom stereocenters. The van der Waals surface area contributed by atoms with Crippen LogP contribution in [-0.2, 0) is 19.0 Å². The van der Waals surface area contributed by atoms with E-state index in [4.69, 9.17) is 0 Å². The molecule has 1 fully saturated rings. The molecule has 1 aliphatic carbocycles. The van der Waals surface area contributed by atoms with E-state index in [0.717, 1.165) is 29.9 Å². The molecule has 1 aliphatic rings. The van der Waals surface area contributed by atoms with Crippen LogP contribution in [0.1, 0.15) is 48.6 Å². The molecule has 0 N–H and O–H groups in total. The lowest BCUT2D eigenvalue weighted by Crippen LogP contribution is -2.05. The maximum atomic E-state index is 12.7. The third kappa shape index (κ3) is 3.71. The number of hydrogen-bond donors (Lipinski definition) is 0. The van der Waals surface area contributed by atoms with Crippen LogP contribution in [0.3, 0.4) is 0 Å². The summed E-state index contributed by atoms with van der Waals surface area (Å²) in [6.07, 6.45) is 0.435. The molecule has 3 nitrogen and oxygen atoms in total. The van der Waals surface area contributed by atoms with Gasteiger partial charge in [-0.25, -0.2) is 0 Å². The molecule has 0 bridgehead atoms. The number of hydrogen-bond acceptors (Lipinski definition) is 3. The average Bonchev–Trinajstić information content (AvgIpc) is 3.14. The Bertz CT molecular complexity index is 675. The van der Waals surface area contributed by atoms with Gasteiger partial charge < -0.3 is 4.57 Å². The second-order valence-corrected chi connectivity index (χ2v) is 6.81. The van der Waals surface area contributed by atoms with Crippen molar-refractivity contribution < 1.29 is 13.2 Å². The van der Waals surface area contributed by atoms with Crippen molar-refractivity contribution in [2.24, 2.45) is 7.05 Å². The van der Waals surface area contributed by atoms with Gasteiger partial charge in [0, 0.05) is 18.7 Å². The molecule has 0 spiro atoms. The SMILES string of the molecule is Cn1c(SCc2cccc(C(F)(F)F)c2)nnc1C1CCCC1. The first kappa shape index (κ1) is 16.4. The first-order chi connectivity index (χ1) is 10.9. The van der Waals surface area contributed by atoms with E-state index in [9.17, 15) is 13.2 Å². The molecule has 3 rings (SSSR count). The zero-order chi connectivity index (χ0) is 16.4. The van der Waals surface area contributed by atoms with Crippen molar-refractivity contribution >= 4 is 11.8 Å². The zero-order valence-electron chi connectivity index (χ0n) is 12.8. The summed E-state index contributed by atoms with van der Waals surface area (Å²) >= 11 is 1.42. The van der Waals surface area contributed by atoms with Crippen molar-refractivity contribution in [1.29, 1.82) is 0 Å². The van der Waals surface area contributed by atoms with E-state index in [1.807, 2.05) is 11.6 Å². The van der Waals surface area contributed by atoms with Gasteiger partial charge in [-0.1, -0.05) is 42.8 Å². The predicted molar refractivity (Wildman–Crippen MR) is 83.2 cm³/mol. The number of aromatic nitrogens is 3. The van der Waals surface area contributed by atoms with Crippen LogP contribution in [0.25, 0.3) is 0 Å². The number of nitrogens with zero attached hydrogens (tertiary/aromatic N) is 3. The van der Waals surface area contributed by atoms with Crippen molar-refractivity contribution in [3.8, 4) is 0 Å². The summed E-state index contributed by atoms with van der Waals surface area (Å²) in [6.45, 7) is 0. The van der Waals surface area contributed by atoms with Crippen molar-refractivity contribution in [2.45, 2.75) is 48.7 Å². The van der Waals surface area contributed by atoms with Gasteiger partial charge in [0.25, 0.3) is 0 Å². The zero-order valence-corrected chi connectivity index (χ0v) is 13.6. The average molecular weight is 341 g/mol. The molecule has 1 heterocycles. The first-order valence-corrected chi connectivity index (χ1v) is 8.62. The summed E-state index contributed by atoms with van der Waals surface area (Å²) in [4.78, 5) is 0. The van der Waals surface area contributed by atoms with Crippen molar-refractivity contribution in [3.63, 3.8) is 0 Å². The minimum absolute atomic E-state index is 0.445. The van der Waals surface area contributed by atoms with E-state index < -0.39 is 11.7 Å². The Labute approximate surface area is 137 Å². The Morgan fingerprint density at radius 3 is 2.65 bits per heavy atom. The maximum Gasteiger partial charge on any atom is 0.416 e. The van der Waals surface area contributed by atoms with Gasteiger partial charge in [0.2, 0.25) is 0 Å². The van der Waals surface area contributed by atoms with Gasteiger partial charge in [-0.2, -0.15) is 13.2 Å². The van der Waals surface area contributed by atoms with E-state index in [1.165, 1.54) is 36.7 Å². The van der Waals surface area contributed by atoms with Crippen LogP contribution in [0.2, 0.25) is 0 Å². The molecular weight excluding hydrogens is 323 g/mol. The highest BCUT2D eigenvalue weighted by molar-refractivity contribution is 7.98. The van der Waals surface area contributed by atoms with Gasteiger partial charge in [0.1, 0.15) is 5.82 Å². The van der Waals surface area contributed by atoms with Gasteiger partial charge in [0.05, 0.1) is 5.56 Å². The van der Waals surface area contributed by atoms with Gasteiger partial charge in [-0.05, 0) is 24.5 Å². The molecule has 2 aromatic rings. The van der Waals surface area contributed by atoms with E-state index in [-0.39, 0.29) is 0 Å². The summed E-state index contributed by atoms with van der Waals surface area (Å²) in [7, 11) is 1.93. The molecule has 0 radical (unpaired) electrons. The molecule has 7 heteroatoms. The fraction of sp³-hybridized carbons (Fsp3) is 0.500. The highest BCUT2D eigenvalue weighted by atomic mass is 32.2. The Kier molecular flexibility index (Phi) is 4.66. The maximum absolute atomic E-state index is 12.7. The minimum atomic E-state index is -4.30. The molecule has 0 saturated heterocycles. The van der Waals surface area contributed by atoms with Gasteiger partial charge in [-0.3, -0.25) is 0 Å². The minimum Gasteiger partial charge on any atom is -0.309 e. The van der Waals surface area contributed by atoms with Crippen LogP contribution in [0.4, 0.5) is 13.2 Å². The fourth-order valence-corrected chi connectivity index (χ4v) is 3.84. The lowest BCUT2D eigenvalue weighted by atomic mass is 10.1. The summed E-state index contributed by atoms with van der Waals surface area (Å²) < 4.78 is 40.2. The van der Waals surface area contributed by atoms with Crippen LogP contribution >= 0.6 is 11.8 Å². The summed E-state index contributed by atoms with van der Waals surface area (Å²) in [5.41, 5.74) is 0.0236. The number of thioether (sulfide) groups is 1. The second kappa shape index (κ2) is 6.55. The predicted octanol–water partition coefficient (Wildman–Crippen LogP) is 4.78. The van der Waals surface area contributed by atoms with Crippen molar-refractivity contribution in [3.05, 3.63) is 41.2 Å². The summed E-state index contributed by atoms with van der Waals surface area (Å²) in [5.74, 6) is 1.91. The Morgan fingerprint density at radius 2 is 1.96 bits per heavy atom. The van der Waals surface area contributed by atoms with Gasteiger partial charge >= 0.3 is 6.18 Å². The van der Waals surface area contributed by atoms with Crippen LogP contribution < -0.4 is 0 Å². The number of benzene rings is 1. The van der Waals surface area contributed by atoms with Crippen molar-refractivity contribution in [1.82, 2.24) is 14.8 Å². The van der Waals surface area contributed by atoms with E-state index in [0.29, 0.717) is 17.2 Å². The standard InChI is InChI=1S/C16H18F3N3S/c1-22-14(12-6-2-3-7-12)20-21-15(22)23-10-11-5-4-8-13(9-11)16(17,18)19/h4-5,8-9,12H,2-3,6-7,10H2,1H3. The topological polar surface area (TPSA) is 30.7 Å². The largest absolute Gasteiger partial charge is 0.416 e. The molecule has 0 unspecified atom stereocenters. The third-order valence-electron chi connectivity index (χ3n) is 4.21. The molecule has 1 aromatic heterocycles. The van der Waals surface area contributed by atoms with Gasteiger partial charge in [0.15, 0.2) is 5.16 Å². The van der Waals surface area contributed by atoms with Crippen molar-refractivity contribution in [2.75, 3.05) is 0 Å². The van der Waals surface area contributed by atoms with Crippen LogP contribution in [0.15, 0.2) is 29.4 Å². The summed E-state index contributed by atoms with van der Waals surface area (Å²) in [6, 6.07) is 5.44. The first-order valence-electron chi connectivity index (χ1n) is 7.63. The van der Waals surface area contributed by atoms with E-state index in [1.54, 1.807) is 6.07 Å². The molecule has 23 heavy (non-hydrogen) atoms. The number of rotatable bonds is 4. The highest BCUT2D eigenvalue weighted by Crippen LogP contribution is 2.35. The normalized spacial score (nSPS) is 16.2. The summed E-state index contributed by atoms with van der Waals surface area (Å²) in [5, 5.41) is 9.23. The number of alkyl halides is 3. The van der Waals surface area contributed by atoms with E-state index >= 15 is 0 Å². The molecule has 0 aliphatic heterocycles.